The Morgan fingerprint density at radius 1 is 0.958 bits per heavy atom. The van der Waals surface area contributed by atoms with Crippen molar-refractivity contribution in [2.75, 3.05) is 4.31 Å². The van der Waals surface area contributed by atoms with E-state index in [0.29, 0.717) is 23.4 Å². The van der Waals surface area contributed by atoms with E-state index in [9.17, 15) is 8.42 Å². The molecule has 0 spiro atoms. The van der Waals surface area contributed by atoms with E-state index >= 15 is 0 Å². The summed E-state index contributed by atoms with van der Waals surface area (Å²) in [5.41, 5.74) is 0.0910. The maximum atomic E-state index is 13.5. The van der Waals surface area contributed by atoms with Gasteiger partial charge in [0, 0.05) is 0 Å². The van der Waals surface area contributed by atoms with Crippen molar-refractivity contribution in [1.82, 2.24) is 0 Å². The highest BCUT2D eigenvalue weighted by atomic mass is 32.2. The van der Waals surface area contributed by atoms with Gasteiger partial charge in [0.2, 0.25) is 0 Å². The average molecular weight is 339 g/mol. The van der Waals surface area contributed by atoms with Crippen LogP contribution in [-0.2, 0) is 10.0 Å². The van der Waals surface area contributed by atoms with Crippen LogP contribution in [0.2, 0.25) is 0 Å². The molecule has 1 unspecified atom stereocenters. The van der Waals surface area contributed by atoms with Crippen molar-refractivity contribution in [3.8, 4) is 0 Å². The molecular weight excluding hydrogens is 318 g/mol. The molecule has 0 bridgehead atoms. The van der Waals surface area contributed by atoms with Crippen LogP contribution in [0.1, 0.15) is 19.8 Å². The lowest BCUT2D eigenvalue weighted by atomic mass is 9.88. The Morgan fingerprint density at radius 3 is 2.12 bits per heavy atom. The third-order valence-corrected chi connectivity index (χ3v) is 6.34. The quantitative estimate of drug-likeness (QED) is 0.801. The Balaban J connectivity index is 2.20. The molecular formula is C20H21NO2S. The minimum absolute atomic E-state index is 0.310. The molecule has 0 aliphatic heterocycles. The molecule has 0 N–H and O–H groups in total. The second-order valence-corrected chi connectivity index (χ2v) is 7.65. The lowest BCUT2D eigenvalue weighted by Gasteiger charge is -2.42. The standard InChI is InChI=1S/C20H21NO2S/c1-2-20(16-10-5-11-17-20)21(18-12-6-3-7-13-18)24(22,23)19-14-8-4-9-15-19/h3-16H,2,17H2,1H3. The Bertz CT molecular complexity index is 842. The van der Waals surface area contributed by atoms with Crippen LogP contribution in [0.25, 0.3) is 0 Å². The first kappa shape index (κ1) is 16.5. The van der Waals surface area contributed by atoms with Crippen LogP contribution in [0.3, 0.4) is 0 Å². The van der Waals surface area contributed by atoms with Crippen molar-refractivity contribution in [2.45, 2.75) is 30.2 Å². The minimum Gasteiger partial charge on any atom is -0.256 e. The van der Waals surface area contributed by atoms with E-state index in [-0.39, 0.29) is 0 Å². The zero-order valence-electron chi connectivity index (χ0n) is 13.7. The summed E-state index contributed by atoms with van der Waals surface area (Å²) in [7, 11) is -3.68. The summed E-state index contributed by atoms with van der Waals surface area (Å²) in [6.45, 7) is 2.03. The molecule has 0 fully saturated rings. The molecule has 3 rings (SSSR count). The highest BCUT2D eigenvalue weighted by Gasteiger charge is 2.41. The number of benzene rings is 2. The summed E-state index contributed by atoms with van der Waals surface area (Å²) < 4.78 is 28.5. The van der Waals surface area contributed by atoms with Crippen LogP contribution < -0.4 is 4.31 Å². The third kappa shape index (κ3) is 2.89. The molecule has 2 aromatic rings. The van der Waals surface area contributed by atoms with Crippen molar-refractivity contribution in [3.63, 3.8) is 0 Å². The molecule has 2 aromatic carbocycles. The van der Waals surface area contributed by atoms with Gasteiger partial charge in [-0.2, -0.15) is 0 Å². The molecule has 1 aliphatic carbocycles. The van der Waals surface area contributed by atoms with Gasteiger partial charge in [-0.15, -0.1) is 0 Å². The number of allylic oxidation sites excluding steroid dienone is 2. The zero-order chi connectivity index (χ0) is 17.0. The molecule has 1 aliphatic rings. The summed E-state index contributed by atoms with van der Waals surface area (Å²) >= 11 is 0. The molecule has 1 atom stereocenters. The molecule has 0 aromatic heterocycles. The van der Waals surface area contributed by atoms with Gasteiger partial charge in [-0.1, -0.05) is 67.6 Å². The lowest BCUT2D eigenvalue weighted by molar-refractivity contribution is 0.495. The summed E-state index contributed by atoms with van der Waals surface area (Å²) in [4.78, 5) is 0.310. The minimum atomic E-state index is -3.68. The van der Waals surface area contributed by atoms with E-state index < -0.39 is 15.6 Å². The molecule has 124 valence electrons. The number of rotatable bonds is 5. The van der Waals surface area contributed by atoms with E-state index in [0.717, 1.165) is 0 Å². The van der Waals surface area contributed by atoms with E-state index in [4.69, 9.17) is 0 Å². The van der Waals surface area contributed by atoms with E-state index in [2.05, 4.69) is 0 Å². The summed E-state index contributed by atoms with van der Waals surface area (Å²) in [6, 6.07) is 18.0. The first-order valence-electron chi connectivity index (χ1n) is 8.10. The van der Waals surface area contributed by atoms with Crippen molar-refractivity contribution >= 4 is 15.7 Å². The first-order valence-corrected chi connectivity index (χ1v) is 9.54. The van der Waals surface area contributed by atoms with Crippen LogP contribution in [0, 0.1) is 0 Å². The SMILES string of the molecule is CCC1(N(c2ccccc2)S(=O)(=O)c2ccccc2)C=CC=CC1. The van der Waals surface area contributed by atoms with E-state index in [1.54, 1.807) is 28.6 Å². The number of sulfonamides is 1. The Kier molecular flexibility index (Phi) is 4.58. The number of para-hydroxylation sites is 1. The van der Waals surface area contributed by atoms with E-state index in [1.165, 1.54) is 0 Å². The molecule has 0 heterocycles. The molecule has 24 heavy (non-hydrogen) atoms. The predicted octanol–water partition coefficient (Wildman–Crippen LogP) is 4.55. The zero-order valence-corrected chi connectivity index (χ0v) is 14.5. The van der Waals surface area contributed by atoms with Gasteiger partial charge in [0.05, 0.1) is 16.1 Å². The summed E-state index contributed by atoms with van der Waals surface area (Å²) in [6.07, 6.45) is 9.27. The van der Waals surface area contributed by atoms with Crippen molar-refractivity contribution in [1.29, 1.82) is 0 Å². The molecule has 0 amide bonds. The molecule has 3 nitrogen and oxygen atoms in total. The molecule has 0 radical (unpaired) electrons. The third-order valence-electron chi connectivity index (χ3n) is 4.41. The van der Waals surface area contributed by atoms with Gasteiger partial charge in [-0.05, 0) is 37.1 Å². The largest absolute Gasteiger partial charge is 0.265 e. The van der Waals surface area contributed by atoms with Crippen LogP contribution >= 0.6 is 0 Å². The topological polar surface area (TPSA) is 37.4 Å². The Morgan fingerprint density at radius 2 is 1.58 bits per heavy atom. The number of nitrogens with zero attached hydrogens (tertiary/aromatic N) is 1. The molecule has 0 saturated carbocycles. The van der Waals surface area contributed by atoms with Crippen LogP contribution in [0.5, 0.6) is 0 Å². The molecule has 0 saturated heterocycles. The fourth-order valence-corrected chi connectivity index (χ4v) is 4.96. The van der Waals surface area contributed by atoms with Gasteiger partial charge in [0.25, 0.3) is 10.0 Å². The highest BCUT2D eigenvalue weighted by Crippen LogP contribution is 2.38. The summed E-state index contributed by atoms with van der Waals surface area (Å²) in [5, 5.41) is 0. The van der Waals surface area contributed by atoms with Crippen LogP contribution in [0.4, 0.5) is 5.69 Å². The fraction of sp³-hybridized carbons (Fsp3) is 0.200. The van der Waals surface area contributed by atoms with Gasteiger partial charge in [0.15, 0.2) is 0 Å². The van der Waals surface area contributed by atoms with Crippen LogP contribution in [0.15, 0.2) is 89.9 Å². The average Bonchev–Trinajstić information content (AvgIpc) is 2.64. The highest BCUT2D eigenvalue weighted by molar-refractivity contribution is 7.93. The second kappa shape index (κ2) is 6.65. The lowest BCUT2D eigenvalue weighted by Crippen LogP contribution is -2.50. The molecule has 4 heteroatoms. The van der Waals surface area contributed by atoms with Gasteiger partial charge in [0.1, 0.15) is 0 Å². The second-order valence-electron chi connectivity index (χ2n) is 5.87. The van der Waals surface area contributed by atoms with Crippen molar-refractivity contribution in [2.24, 2.45) is 0 Å². The Labute approximate surface area is 144 Å². The first-order chi connectivity index (χ1) is 11.6. The van der Waals surface area contributed by atoms with Gasteiger partial charge >= 0.3 is 0 Å². The smallest absolute Gasteiger partial charge is 0.256 e. The van der Waals surface area contributed by atoms with Gasteiger partial charge in [-0.3, -0.25) is 4.31 Å². The predicted molar refractivity (Wildman–Crippen MR) is 98.5 cm³/mol. The van der Waals surface area contributed by atoms with Crippen molar-refractivity contribution in [3.05, 3.63) is 85.0 Å². The number of hydrogen-bond donors (Lipinski definition) is 0. The van der Waals surface area contributed by atoms with E-state index in [1.807, 2.05) is 67.6 Å². The van der Waals surface area contributed by atoms with Crippen LogP contribution in [-0.4, -0.2) is 14.0 Å². The normalized spacial score (nSPS) is 20.0. The fourth-order valence-electron chi connectivity index (χ4n) is 3.11. The maximum Gasteiger partial charge on any atom is 0.265 e. The van der Waals surface area contributed by atoms with Gasteiger partial charge in [-0.25, -0.2) is 8.42 Å². The van der Waals surface area contributed by atoms with Crippen molar-refractivity contribution < 1.29 is 8.42 Å². The van der Waals surface area contributed by atoms with Gasteiger partial charge < -0.3 is 0 Å². The summed E-state index contributed by atoms with van der Waals surface area (Å²) in [5.74, 6) is 0. The number of hydrogen-bond acceptors (Lipinski definition) is 2. The monoisotopic (exact) mass is 339 g/mol. The Hall–Kier alpha value is -2.33. The number of anilines is 1. The maximum absolute atomic E-state index is 13.5.